The van der Waals surface area contributed by atoms with Gasteiger partial charge in [0.15, 0.2) is 6.10 Å². The summed E-state index contributed by atoms with van der Waals surface area (Å²) in [5, 5.41) is 9.38. The molecule has 0 bridgehead atoms. The Balaban J connectivity index is 3.65. The summed E-state index contributed by atoms with van der Waals surface area (Å²) in [6, 6.07) is 0. The molecule has 5 heteroatoms. The molecule has 184 valence electrons. The van der Waals surface area contributed by atoms with Gasteiger partial charge in [-0.25, -0.2) is 0 Å². The molecular weight excluding hydrogens is 392 g/mol. The van der Waals surface area contributed by atoms with E-state index in [1.165, 1.54) is 57.8 Å². The van der Waals surface area contributed by atoms with Gasteiger partial charge in [-0.05, 0) is 18.8 Å². The van der Waals surface area contributed by atoms with Gasteiger partial charge in [-0.15, -0.1) is 0 Å². The SMILES string of the molecule is CCCCCCCCCC(=O)O[C@@H](CO)COC(=O)CCCCCCCCC(C)CC. The van der Waals surface area contributed by atoms with Gasteiger partial charge < -0.3 is 14.6 Å². The van der Waals surface area contributed by atoms with Gasteiger partial charge in [0.2, 0.25) is 0 Å². The van der Waals surface area contributed by atoms with Crippen molar-refractivity contribution in [3.63, 3.8) is 0 Å². The number of hydrogen-bond acceptors (Lipinski definition) is 5. The predicted molar refractivity (Wildman–Crippen MR) is 127 cm³/mol. The fourth-order valence-electron chi connectivity index (χ4n) is 3.53. The third-order valence-electron chi connectivity index (χ3n) is 5.94. The van der Waals surface area contributed by atoms with E-state index in [1.807, 2.05) is 0 Å². The van der Waals surface area contributed by atoms with Crippen LogP contribution in [-0.4, -0.2) is 36.4 Å². The number of carbonyl (C=O) groups excluding carboxylic acids is 2. The molecule has 5 nitrogen and oxygen atoms in total. The summed E-state index contributed by atoms with van der Waals surface area (Å²) in [7, 11) is 0. The van der Waals surface area contributed by atoms with E-state index in [0.717, 1.165) is 44.4 Å². The molecule has 0 aromatic carbocycles. The van der Waals surface area contributed by atoms with Crippen LogP contribution in [0, 0.1) is 5.92 Å². The summed E-state index contributed by atoms with van der Waals surface area (Å²) in [6.45, 7) is 6.36. The molecule has 1 unspecified atom stereocenters. The number of aliphatic hydroxyl groups is 1. The monoisotopic (exact) mass is 442 g/mol. The number of esters is 2. The van der Waals surface area contributed by atoms with Gasteiger partial charge in [-0.3, -0.25) is 9.59 Å². The van der Waals surface area contributed by atoms with Crippen LogP contribution < -0.4 is 0 Å². The van der Waals surface area contributed by atoms with Crippen molar-refractivity contribution in [2.45, 2.75) is 136 Å². The van der Waals surface area contributed by atoms with E-state index in [4.69, 9.17) is 9.47 Å². The number of rotatable bonds is 22. The summed E-state index contributed by atoms with van der Waals surface area (Å²) < 4.78 is 10.4. The molecule has 2 atom stereocenters. The van der Waals surface area contributed by atoms with Crippen molar-refractivity contribution in [1.82, 2.24) is 0 Å². The topological polar surface area (TPSA) is 72.8 Å². The highest BCUT2D eigenvalue weighted by atomic mass is 16.6. The zero-order chi connectivity index (χ0) is 23.2. The molecular formula is C26H50O5. The van der Waals surface area contributed by atoms with Crippen LogP contribution in [0.5, 0.6) is 0 Å². The second kappa shape index (κ2) is 22.1. The molecule has 0 aliphatic rings. The lowest BCUT2D eigenvalue weighted by Crippen LogP contribution is -2.28. The Kier molecular flexibility index (Phi) is 21.3. The molecule has 0 radical (unpaired) electrons. The normalized spacial score (nSPS) is 13.0. The van der Waals surface area contributed by atoms with E-state index < -0.39 is 6.10 Å². The van der Waals surface area contributed by atoms with Crippen LogP contribution >= 0.6 is 0 Å². The fourth-order valence-corrected chi connectivity index (χ4v) is 3.53. The minimum Gasteiger partial charge on any atom is -0.462 e. The molecule has 1 N–H and O–H groups in total. The molecule has 0 aromatic heterocycles. The van der Waals surface area contributed by atoms with Crippen LogP contribution in [0.4, 0.5) is 0 Å². The summed E-state index contributed by atoms with van der Waals surface area (Å²) in [6.07, 6.45) is 17.4. The van der Waals surface area contributed by atoms with Crippen molar-refractivity contribution in [2.75, 3.05) is 13.2 Å². The van der Waals surface area contributed by atoms with Crippen LogP contribution in [-0.2, 0) is 19.1 Å². The van der Waals surface area contributed by atoms with Gasteiger partial charge in [0.25, 0.3) is 0 Å². The molecule has 0 aliphatic heterocycles. The van der Waals surface area contributed by atoms with Gasteiger partial charge >= 0.3 is 11.9 Å². The average molecular weight is 443 g/mol. The zero-order valence-corrected chi connectivity index (χ0v) is 20.7. The molecule has 0 amide bonds. The largest absolute Gasteiger partial charge is 0.462 e. The molecule has 0 spiro atoms. The van der Waals surface area contributed by atoms with Crippen molar-refractivity contribution in [3.05, 3.63) is 0 Å². The van der Waals surface area contributed by atoms with E-state index in [2.05, 4.69) is 20.8 Å². The van der Waals surface area contributed by atoms with Crippen LogP contribution in [0.15, 0.2) is 0 Å². The Morgan fingerprint density at radius 2 is 1.26 bits per heavy atom. The lowest BCUT2D eigenvalue weighted by atomic mass is 10.00. The number of hydrogen-bond donors (Lipinski definition) is 1. The standard InChI is InChI=1S/C26H50O5/c1-4-6-7-8-9-14-17-20-26(29)31-24(21-27)22-30-25(28)19-16-13-11-10-12-15-18-23(3)5-2/h23-24,27H,4-22H2,1-3H3/t23?,24-/m0/s1. The van der Waals surface area contributed by atoms with Crippen molar-refractivity contribution in [2.24, 2.45) is 5.92 Å². The molecule has 0 saturated carbocycles. The Bertz CT molecular complexity index is 424. The average Bonchev–Trinajstić information content (AvgIpc) is 2.77. The van der Waals surface area contributed by atoms with Crippen LogP contribution in [0.2, 0.25) is 0 Å². The summed E-state index contributed by atoms with van der Waals surface area (Å²) in [5.74, 6) is 0.229. The smallest absolute Gasteiger partial charge is 0.306 e. The van der Waals surface area contributed by atoms with Gasteiger partial charge in [0, 0.05) is 12.8 Å². The van der Waals surface area contributed by atoms with E-state index in [0.29, 0.717) is 12.8 Å². The maximum absolute atomic E-state index is 11.9. The highest BCUT2D eigenvalue weighted by molar-refractivity contribution is 5.70. The van der Waals surface area contributed by atoms with Crippen LogP contribution in [0.25, 0.3) is 0 Å². The van der Waals surface area contributed by atoms with E-state index in [-0.39, 0.29) is 25.2 Å². The van der Waals surface area contributed by atoms with Gasteiger partial charge in [0.1, 0.15) is 6.61 Å². The lowest BCUT2D eigenvalue weighted by Gasteiger charge is -2.15. The van der Waals surface area contributed by atoms with Crippen LogP contribution in [0.3, 0.4) is 0 Å². The third kappa shape index (κ3) is 20.6. The van der Waals surface area contributed by atoms with Gasteiger partial charge in [-0.1, -0.05) is 104 Å². The molecule has 0 saturated heterocycles. The van der Waals surface area contributed by atoms with Crippen molar-refractivity contribution >= 4 is 11.9 Å². The van der Waals surface area contributed by atoms with E-state index in [1.54, 1.807) is 0 Å². The van der Waals surface area contributed by atoms with E-state index in [9.17, 15) is 14.7 Å². The number of aliphatic hydroxyl groups excluding tert-OH is 1. The number of unbranched alkanes of at least 4 members (excludes halogenated alkanes) is 11. The minimum absolute atomic E-state index is 0.0618. The number of carbonyl (C=O) groups is 2. The third-order valence-corrected chi connectivity index (χ3v) is 5.94. The second-order valence-electron chi connectivity index (χ2n) is 9.02. The molecule has 0 aliphatic carbocycles. The van der Waals surface area contributed by atoms with E-state index >= 15 is 0 Å². The lowest BCUT2D eigenvalue weighted by molar-refractivity contribution is -0.161. The first-order valence-corrected chi connectivity index (χ1v) is 13.0. The molecule has 0 heterocycles. The highest BCUT2D eigenvalue weighted by Gasteiger charge is 2.16. The Morgan fingerprint density at radius 1 is 0.742 bits per heavy atom. The quantitative estimate of drug-likeness (QED) is 0.148. The van der Waals surface area contributed by atoms with Crippen molar-refractivity contribution in [3.8, 4) is 0 Å². The summed E-state index contributed by atoms with van der Waals surface area (Å²) in [4.78, 5) is 23.8. The second-order valence-corrected chi connectivity index (χ2v) is 9.02. The molecule has 0 rings (SSSR count). The first-order valence-electron chi connectivity index (χ1n) is 13.0. The predicted octanol–water partition coefficient (Wildman–Crippen LogP) is 6.74. The maximum Gasteiger partial charge on any atom is 0.306 e. The first-order chi connectivity index (χ1) is 15.0. The highest BCUT2D eigenvalue weighted by Crippen LogP contribution is 2.15. The minimum atomic E-state index is -0.758. The van der Waals surface area contributed by atoms with Gasteiger partial charge in [-0.2, -0.15) is 0 Å². The Morgan fingerprint density at radius 3 is 1.81 bits per heavy atom. The summed E-state index contributed by atoms with van der Waals surface area (Å²) >= 11 is 0. The molecule has 0 aromatic rings. The first kappa shape index (κ1) is 29.9. The summed E-state index contributed by atoms with van der Waals surface area (Å²) in [5.41, 5.74) is 0. The Labute approximate surface area is 191 Å². The number of ether oxygens (including phenoxy) is 2. The molecule has 31 heavy (non-hydrogen) atoms. The zero-order valence-electron chi connectivity index (χ0n) is 20.7. The molecule has 0 fully saturated rings. The Hall–Kier alpha value is -1.10. The van der Waals surface area contributed by atoms with Crippen LogP contribution in [0.1, 0.15) is 130 Å². The maximum atomic E-state index is 11.9. The van der Waals surface area contributed by atoms with Crippen molar-refractivity contribution < 1.29 is 24.2 Å². The van der Waals surface area contributed by atoms with Crippen molar-refractivity contribution in [1.29, 1.82) is 0 Å². The van der Waals surface area contributed by atoms with Gasteiger partial charge in [0.05, 0.1) is 6.61 Å². The fraction of sp³-hybridized carbons (Fsp3) is 0.923.